The summed E-state index contributed by atoms with van der Waals surface area (Å²) < 4.78 is 92.8. The van der Waals surface area contributed by atoms with Gasteiger partial charge >= 0.3 is 12.1 Å². The molecule has 0 aliphatic heterocycles. The molecule has 152 valence electrons. The minimum absolute atomic E-state index is 0.115. The molecule has 0 radical (unpaired) electrons. The van der Waals surface area contributed by atoms with E-state index < -0.39 is 48.8 Å². The highest BCUT2D eigenvalue weighted by Gasteiger charge is 2.32. The Kier molecular flexibility index (Phi) is 5.76. The smallest absolute Gasteiger partial charge is 0.416 e. The lowest BCUT2D eigenvalue weighted by atomic mass is 10.1. The number of carbonyl (C=O) groups is 1. The minimum atomic E-state index is -4.75. The Morgan fingerprint density at radius 1 is 0.964 bits per heavy atom. The number of sulfonamides is 1. The van der Waals surface area contributed by atoms with Crippen LogP contribution in [0.15, 0.2) is 52.3 Å². The molecule has 2 aromatic carbocycles. The van der Waals surface area contributed by atoms with Gasteiger partial charge in [-0.3, -0.25) is 4.72 Å². The zero-order chi connectivity index (χ0) is 21.3. The van der Waals surface area contributed by atoms with Crippen LogP contribution in [0.1, 0.15) is 15.9 Å². The predicted molar refractivity (Wildman–Crippen MR) is 93.1 cm³/mol. The van der Waals surface area contributed by atoms with Crippen molar-refractivity contribution in [1.82, 2.24) is 0 Å². The number of sulfone groups is 1. The van der Waals surface area contributed by atoms with E-state index in [0.29, 0.717) is 12.1 Å². The van der Waals surface area contributed by atoms with Gasteiger partial charge in [0, 0.05) is 6.26 Å². The third kappa shape index (κ3) is 4.81. The van der Waals surface area contributed by atoms with Crippen LogP contribution < -0.4 is 4.72 Å². The maximum Gasteiger partial charge on any atom is 0.416 e. The SMILES string of the molecule is COC(=O)c1cc(C(F)(F)F)ccc1NS(=O)(=O)c1ccc(S(C)(=O)=O)cc1. The van der Waals surface area contributed by atoms with Gasteiger partial charge in [0.05, 0.1) is 33.7 Å². The Morgan fingerprint density at radius 3 is 1.96 bits per heavy atom. The molecule has 28 heavy (non-hydrogen) atoms. The highest BCUT2D eigenvalue weighted by atomic mass is 32.2. The first kappa shape index (κ1) is 21.7. The van der Waals surface area contributed by atoms with Crippen molar-refractivity contribution in [3.63, 3.8) is 0 Å². The summed E-state index contributed by atoms with van der Waals surface area (Å²) in [6.45, 7) is 0. The number of ether oxygens (including phenoxy) is 1. The molecule has 0 saturated carbocycles. The summed E-state index contributed by atoms with van der Waals surface area (Å²) in [5, 5.41) is 0. The summed E-state index contributed by atoms with van der Waals surface area (Å²) in [6, 6.07) is 6.03. The molecule has 2 aromatic rings. The monoisotopic (exact) mass is 437 g/mol. The average Bonchev–Trinajstić information content (AvgIpc) is 2.59. The summed E-state index contributed by atoms with van der Waals surface area (Å²) in [4.78, 5) is 11.3. The lowest BCUT2D eigenvalue weighted by molar-refractivity contribution is -0.137. The van der Waals surface area contributed by atoms with E-state index in [9.17, 15) is 34.8 Å². The summed E-state index contributed by atoms with van der Waals surface area (Å²) in [6.07, 6.45) is -3.80. The predicted octanol–water partition coefficient (Wildman–Crippen LogP) is 2.70. The molecule has 0 atom stereocenters. The number of benzene rings is 2. The zero-order valence-electron chi connectivity index (χ0n) is 14.4. The Balaban J connectivity index is 2.47. The number of esters is 1. The molecule has 12 heteroatoms. The van der Waals surface area contributed by atoms with Crippen molar-refractivity contribution in [2.24, 2.45) is 0 Å². The van der Waals surface area contributed by atoms with Crippen LogP contribution in [0.5, 0.6) is 0 Å². The van der Waals surface area contributed by atoms with E-state index in [-0.39, 0.29) is 9.79 Å². The van der Waals surface area contributed by atoms with Crippen LogP contribution in [0, 0.1) is 0 Å². The number of methoxy groups -OCH3 is 1. The topological polar surface area (TPSA) is 107 Å². The molecule has 0 heterocycles. The van der Waals surface area contributed by atoms with Gasteiger partial charge in [-0.15, -0.1) is 0 Å². The van der Waals surface area contributed by atoms with Crippen molar-refractivity contribution < 1.29 is 39.5 Å². The number of anilines is 1. The summed E-state index contributed by atoms with van der Waals surface area (Å²) in [5.74, 6) is -1.17. The van der Waals surface area contributed by atoms with Gasteiger partial charge in [-0.05, 0) is 42.5 Å². The maximum atomic E-state index is 12.9. The molecule has 1 N–H and O–H groups in total. The van der Waals surface area contributed by atoms with Crippen molar-refractivity contribution in [3.05, 3.63) is 53.6 Å². The fraction of sp³-hybridized carbons (Fsp3) is 0.188. The maximum absolute atomic E-state index is 12.9. The van der Waals surface area contributed by atoms with E-state index in [0.717, 1.165) is 43.7 Å². The van der Waals surface area contributed by atoms with E-state index in [1.807, 2.05) is 4.72 Å². The quantitative estimate of drug-likeness (QED) is 0.721. The second kappa shape index (κ2) is 7.43. The van der Waals surface area contributed by atoms with E-state index in [1.54, 1.807) is 0 Å². The van der Waals surface area contributed by atoms with Gasteiger partial charge in [0.2, 0.25) is 0 Å². The number of alkyl halides is 3. The minimum Gasteiger partial charge on any atom is -0.465 e. The second-order valence-electron chi connectivity index (χ2n) is 5.60. The molecule has 2 rings (SSSR count). The largest absolute Gasteiger partial charge is 0.465 e. The van der Waals surface area contributed by atoms with Gasteiger partial charge in [-0.2, -0.15) is 13.2 Å². The lowest BCUT2D eigenvalue weighted by Crippen LogP contribution is -2.17. The first-order chi connectivity index (χ1) is 12.8. The second-order valence-corrected chi connectivity index (χ2v) is 9.30. The zero-order valence-corrected chi connectivity index (χ0v) is 16.1. The molecular weight excluding hydrogens is 423 g/mol. The van der Waals surface area contributed by atoms with Crippen LogP contribution in [0.4, 0.5) is 18.9 Å². The number of rotatable bonds is 5. The number of hydrogen-bond donors (Lipinski definition) is 1. The molecule has 7 nitrogen and oxygen atoms in total. The van der Waals surface area contributed by atoms with Crippen molar-refractivity contribution in [2.45, 2.75) is 16.0 Å². The number of halogens is 3. The third-order valence-electron chi connectivity index (χ3n) is 3.56. The van der Waals surface area contributed by atoms with Gasteiger partial charge in [0.25, 0.3) is 10.0 Å². The van der Waals surface area contributed by atoms with Gasteiger partial charge in [0.1, 0.15) is 0 Å². The van der Waals surface area contributed by atoms with Crippen LogP contribution in [0.3, 0.4) is 0 Å². The fourth-order valence-corrected chi connectivity index (χ4v) is 3.87. The van der Waals surface area contributed by atoms with Gasteiger partial charge in [-0.25, -0.2) is 21.6 Å². The molecule has 0 spiro atoms. The number of hydrogen-bond acceptors (Lipinski definition) is 6. The van der Waals surface area contributed by atoms with Crippen molar-refractivity contribution in [1.29, 1.82) is 0 Å². The molecule has 0 fully saturated rings. The van der Waals surface area contributed by atoms with E-state index in [2.05, 4.69) is 4.74 Å². The molecule has 0 bridgehead atoms. The standard InChI is InChI=1S/C16H14F3NO6S2/c1-26-15(21)13-9-10(16(17,18)19)3-8-14(13)20-28(24,25)12-6-4-11(5-7-12)27(2,22)23/h3-9,20H,1-2H3. The van der Waals surface area contributed by atoms with Gasteiger partial charge in [-0.1, -0.05) is 0 Å². The Bertz CT molecular complexity index is 1110. The van der Waals surface area contributed by atoms with Crippen LogP contribution >= 0.6 is 0 Å². The Labute approximate surface area is 159 Å². The molecule has 0 aromatic heterocycles. The van der Waals surface area contributed by atoms with Crippen LogP contribution in [0.2, 0.25) is 0 Å². The summed E-state index contributed by atoms with van der Waals surface area (Å²) >= 11 is 0. The average molecular weight is 437 g/mol. The molecule has 0 aliphatic rings. The Hall–Kier alpha value is -2.60. The van der Waals surface area contributed by atoms with Crippen molar-refractivity contribution in [3.8, 4) is 0 Å². The Morgan fingerprint density at radius 2 is 1.50 bits per heavy atom. The fourth-order valence-electron chi connectivity index (χ4n) is 2.16. The van der Waals surface area contributed by atoms with E-state index >= 15 is 0 Å². The summed E-state index contributed by atoms with van der Waals surface area (Å²) in [7, 11) is -6.93. The van der Waals surface area contributed by atoms with Crippen LogP contribution in [-0.2, 0) is 30.8 Å². The van der Waals surface area contributed by atoms with Gasteiger partial charge in [0.15, 0.2) is 9.84 Å². The molecule has 0 saturated heterocycles. The molecule has 0 amide bonds. The van der Waals surface area contributed by atoms with Crippen LogP contribution in [0.25, 0.3) is 0 Å². The first-order valence-electron chi connectivity index (χ1n) is 7.38. The molecular formula is C16H14F3NO6S2. The first-order valence-corrected chi connectivity index (χ1v) is 10.8. The van der Waals surface area contributed by atoms with Crippen LogP contribution in [-0.4, -0.2) is 36.2 Å². The lowest BCUT2D eigenvalue weighted by Gasteiger charge is -2.14. The highest BCUT2D eigenvalue weighted by Crippen LogP contribution is 2.33. The van der Waals surface area contributed by atoms with Gasteiger partial charge < -0.3 is 4.74 Å². The normalized spacial score (nSPS) is 12.5. The van der Waals surface area contributed by atoms with E-state index in [4.69, 9.17) is 0 Å². The molecule has 0 aliphatic carbocycles. The number of carbonyl (C=O) groups excluding carboxylic acids is 1. The van der Waals surface area contributed by atoms with Crippen molar-refractivity contribution >= 4 is 31.5 Å². The number of nitrogens with one attached hydrogen (secondary N) is 1. The van der Waals surface area contributed by atoms with E-state index in [1.165, 1.54) is 0 Å². The summed E-state index contributed by atoms with van der Waals surface area (Å²) in [5.41, 5.74) is -2.21. The third-order valence-corrected chi connectivity index (χ3v) is 6.07. The highest BCUT2D eigenvalue weighted by molar-refractivity contribution is 7.92. The van der Waals surface area contributed by atoms with Crippen molar-refractivity contribution in [2.75, 3.05) is 18.1 Å². The molecule has 0 unspecified atom stereocenters.